The van der Waals surface area contributed by atoms with Crippen LogP contribution in [-0.4, -0.2) is 35.2 Å². The fourth-order valence-corrected chi connectivity index (χ4v) is 2.79. The number of hydrogen-bond acceptors (Lipinski definition) is 5. The van der Waals surface area contributed by atoms with Crippen LogP contribution in [0.25, 0.3) is 10.9 Å². The zero-order valence-corrected chi connectivity index (χ0v) is 13.5. The van der Waals surface area contributed by atoms with Gasteiger partial charge in [0.25, 0.3) is 5.91 Å². The number of carbonyl (C=O) groups excluding carboxylic acids is 1. The molecule has 0 spiro atoms. The Morgan fingerprint density at radius 2 is 2.08 bits per heavy atom. The van der Waals surface area contributed by atoms with Crippen molar-refractivity contribution in [1.82, 2.24) is 9.97 Å². The number of anilines is 1. The van der Waals surface area contributed by atoms with Gasteiger partial charge in [-0.15, -0.1) is 0 Å². The zero-order chi connectivity index (χ0) is 17.1. The fourth-order valence-electron chi connectivity index (χ4n) is 2.79. The lowest BCUT2D eigenvalue weighted by Gasteiger charge is -2.12. The van der Waals surface area contributed by atoms with Crippen LogP contribution in [0.3, 0.4) is 0 Å². The molecule has 1 saturated heterocycles. The Kier molecular flexibility index (Phi) is 4.26. The molecule has 1 fully saturated rings. The summed E-state index contributed by atoms with van der Waals surface area (Å²) in [5.41, 5.74) is 1.91. The lowest BCUT2D eigenvalue weighted by Crippen LogP contribution is -2.17. The Morgan fingerprint density at radius 3 is 2.96 bits per heavy atom. The minimum atomic E-state index is -0.229. The molecule has 0 aliphatic carbocycles. The first-order valence-electron chi connectivity index (χ1n) is 8.15. The normalized spacial score (nSPS) is 16.7. The molecule has 0 radical (unpaired) electrons. The van der Waals surface area contributed by atoms with Gasteiger partial charge in [-0.25, -0.2) is 4.98 Å². The third-order valence-corrected chi connectivity index (χ3v) is 4.05. The topological polar surface area (TPSA) is 73.3 Å². The van der Waals surface area contributed by atoms with E-state index in [1.54, 1.807) is 24.5 Å². The highest BCUT2D eigenvalue weighted by molar-refractivity contribution is 6.08. The van der Waals surface area contributed by atoms with Crippen molar-refractivity contribution >= 4 is 22.5 Å². The molecule has 4 rings (SSSR count). The van der Waals surface area contributed by atoms with E-state index in [2.05, 4.69) is 15.3 Å². The van der Waals surface area contributed by atoms with E-state index in [1.807, 2.05) is 30.3 Å². The van der Waals surface area contributed by atoms with Crippen LogP contribution in [0.5, 0.6) is 5.88 Å². The second-order valence-corrected chi connectivity index (χ2v) is 5.82. The standard InChI is InChI=1S/C19H17N3O3/c23-19(22-16-5-1-3-13-4-2-8-21-18(13)16)14-6-9-20-17(11-14)25-15-7-10-24-12-15/h1-6,8-9,11,15H,7,10,12H2,(H,22,23)/t15-/m0/s1. The van der Waals surface area contributed by atoms with Crippen LogP contribution in [0.4, 0.5) is 5.69 Å². The Balaban J connectivity index is 1.54. The molecule has 126 valence electrons. The summed E-state index contributed by atoms with van der Waals surface area (Å²) in [7, 11) is 0. The van der Waals surface area contributed by atoms with Gasteiger partial charge in [0.05, 0.1) is 24.4 Å². The maximum absolute atomic E-state index is 12.6. The van der Waals surface area contributed by atoms with Gasteiger partial charge in [0.1, 0.15) is 6.10 Å². The van der Waals surface area contributed by atoms with Crippen molar-refractivity contribution in [1.29, 1.82) is 0 Å². The summed E-state index contributed by atoms with van der Waals surface area (Å²) in [6.07, 6.45) is 4.11. The molecule has 6 nitrogen and oxygen atoms in total. The predicted molar refractivity (Wildman–Crippen MR) is 93.8 cm³/mol. The highest BCUT2D eigenvalue weighted by Gasteiger charge is 2.18. The summed E-state index contributed by atoms with van der Waals surface area (Å²) in [5, 5.41) is 3.89. The second kappa shape index (κ2) is 6.86. The number of carbonyl (C=O) groups is 1. The molecule has 0 bridgehead atoms. The third-order valence-electron chi connectivity index (χ3n) is 4.05. The minimum Gasteiger partial charge on any atom is -0.472 e. The number of nitrogens with one attached hydrogen (secondary N) is 1. The lowest BCUT2D eigenvalue weighted by molar-refractivity contribution is 0.102. The number of nitrogens with zero attached hydrogens (tertiary/aromatic N) is 2. The fraction of sp³-hybridized carbons (Fsp3) is 0.211. The van der Waals surface area contributed by atoms with Crippen LogP contribution in [0.15, 0.2) is 54.9 Å². The number of ether oxygens (including phenoxy) is 2. The Bertz CT molecular complexity index is 902. The van der Waals surface area contributed by atoms with Crippen molar-refractivity contribution < 1.29 is 14.3 Å². The van der Waals surface area contributed by atoms with Gasteiger partial charge in [-0.3, -0.25) is 9.78 Å². The molecule has 2 aromatic heterocycles. The molecule has 1 aromatic carbocycles. The SMILES string of the molecule is O=C(Nc1cccc2cccnc12)c1ccnc(O[C@H]2CCOC2)c1. The van der Waals surface area contributed by atoms with Crippen LogP contribution in [-0.2, 0) is 4.74 Å². The van der Waals surface area contributed by atoms with Crippen LogP contribution in [0.1, 0.15) is 16.8 Å². The van der Waals surface area contributed by atoms with Crippen LogP contribution in [0.2, 0.25) is 0 Å². The van der Waals surface area contributed by atoms with Crippen molar-refractivity contribution in [3.05, 3.63) is 60.4 Å². The first kappa shape index (κ1) is 15.5. The van der Waals surface area contributed by atoms with Crippen LogP contribution in [0, 0.1) is 0 Å². The van der Waals surface area contributed by atoms with E-state index in [0.29, 0.717) is 30.3 Å². The molecule has 3 heterocycles. The van der Waals surface area contributed by atoms with Crippen molar-refractivity contribution in [3.8, 4) is 5.88 Å². The molecule has 0 unspecified atom stereocenters. The number of para-hydroxylation sites is 1. The molecule has 1 N–H and O–H groups in total. The maximum Gasteiger partial charge on any atom is 0.255 e. The quantitative estimate of drug-likeness (QED) is 0.793. The summed E-state index contributed by atoms with van der Waals surface area (Å²) in [4.78, 5) is 21.1. The van der Waals surface area contributed by atoms with Crippen molar-refractivity contribution in [2.24, 2.45) is 0 Å². The monoisotopic (exact) mass is 335 g/mol. The molecule has 25 heavy (non-hydrogen) atoms. The zero-order valence-electron chi connectivity index (χ0n) is 13.5. The summed E-state index contributed by atoms with van der Waals surface area (Å²) >= 11 is 0. The Labute approximate surface area is 144 Å². The van der Waals surface area contributed by atoms with E-state index in [-0.39, 0.29) is 12.0 Å². The lowest BCUT2D eigenvalue weighted by atomic mass is 10.2. The minimum absolute atomic E-state index is 0.00641. The molecule has 1 atom stereocenters. The predicted octanol–water partition coefficient (Wildman–Crippen LogP) is 3.05. The van der Waals surface area contributed by atoms with Gasteiger partial charge in [-0.2, -0.15) is 0 Å². The van der Waals surface area contributed by atoms with Gasteiger partial charge in [0, 0.05) is 35.8 Å². The summed E-state index contributed by atoms with van der Waals surface area (Å²) in [6, 6.07) is 12.8. The first-order chi connectivity index (χ1) is 12.3. The largest absolute Gasteiger partial charge is 0.472 e. The smallest absolute Gasteiger partial charge is 0.255 e. The molecular weight excluding hydrogens is 318 g/mol. The summed E-state index contributed by atoms with van der Waals surface area (Å²) in [5.74, 6) is 0.201. The van der Waals surface area contributed by atoms with Crippen molar-refractivity contribution in [3.63, 3.8) is 0 Å². The molecule has 1 aliphatic rings. The number of rotatable bonds is 4. The van der Waals surface area contributed by atoms with Gasteiger partial charge in [0.15, 0.2) is 0 Å². The average Bonchev–Trinajstić information content (AvgIpc) is 3.15. The Morgan fingerprint density at radius 1 is 1.16 bits per heavy atom. The maximum atomic E-state index is 12.6. The van der Waals surface area contributed by atoms with Gasteiger partial charge >= 0.3 is 0 Å². The Hall–Kier alpha value is -2.99. The summed E-state index contributed by atoms with van der Waals surface area (Å²) in [6.45, 7) is 1.25. The molecule has 6 heteroatoms. The van der Waals surface area contributed by atoms with E-state index >= 15 is 0 Å². The number of benzene rings is 1. The number of hydrogen-bond donors (Lipinski definition) is 1. The summed E-state index contributed by atoms with van der Waals surface area (Å²) < 4.78 is 11.0. The van der Waals surface area contributed by atoms with Gasteiger partial charge < -0.3 is 14.8 Å². The molecular formula is C19H17N3O3. The number of aromatic nitrogens is 2. The van der Waals surface area contributed by atoms with Gasteiger partial charge in [-0.05, 0) is 18.2 Å². The van der Waals surface area contributed by atoms with E-state index in [1.165, 1.54) is 0 Å². The average molecular weight is 335 g/mol. The van der Waals surface area contributed by atoms with Gasteiger partial charge in [0.2, 0.25) is 5.88 Å². The second-order valence-electron chi connectivity index (χ2n) is 5.82. The van der Waals surface area contributed by atoms with Gasteiger partial charge in [-0.1, -0.05) is 18.2 Å². The van der Waals surface area contributed by atoms with E-state index < -0.39 is 0 Å². The van der Waals surface area contributed by atoms with E-state index in [4.69, 9.17) is 9.47 Å². The molecule has 1 amide bonds. The van der Waals surface area contributed by atoms with E-state index in [9.17, 15) is 4.79 Å². The number of fused-ring (bicyclic) bond motifs is 1. The third kappa shape index (κ3) is 3.44. The highest BCUT2D eigenvalue weighted by Crippen LogP contribution is 2.22. The molecule has 0 saturated carbocycles. The van der Waals surface area contributed by atoms with Crippen LogP contribution < -0.4 is 10.1 Å². The molecule has 1 aliphatic heterocycles. The number of pyridine rings is 2. The van der Waals surface area contributed by atoms with E-state index in [0.717, 1.165) is 17.3 Å². The number of amides is 1. The molecule has 3 aromatic rings. The van der Waals surface area contributed by atoms with Crippen molar-refractivity contribution in [2.45, 2.75) is 12.5 Å². The van der Waals surface area contributed by atoms with Crippen LogP contribution >= 0.6 is 0 Å². The first-order valence-corrected chi connectivity index (χ1v) is 8.15. The van der Waals surface area contributed by atoms with Crippen molar-refractivity contribution in [2.75, 3.05) is 18.5 Å². The highest BCUT2D eigenvalue weighted by atomic mass is 16.5.